The highest BCUT2D eigenvalue weighted by molar-refractivity contribution is 6.35. The first kappa shape index (κ1) is 18.3. The van der Waals surface area contributed by atoms with Gasteiger partial charge in [-0.1, -0.05) is 35.3 Å². The Balaban J connectivity index is 1.51. The third-order valence-electron chi connectivity index (χ3n) is 3.83. The second kappa shape index (κ2) is 7.53. The van der Waals surface area contributed by atoms with Gasteiger partial charge in [0.05, 0.1) is 21.7 Å². The van der Waals surface area contributed by atoms with E-state index in [2.05, 4.69) is 15.1 Å². The van der Waals surface area contributed by atoms with E-state index in [1.165, 1.54) is 10.7 Å². The number of aromatic nitrogens is 4. The number of aryl methyl sites for hydroxylation is 1. The summed E-state index contributed by atoms with van der Waals surface area (Å²) < 4.78 is 12.3. The first-order chi connectivity index (χ1) is 13.5. The maximum atomic E-state index is 12.2. The normalized spacial score (nSPS) is 11.0. The second-order valence-corrected chi connectivity index (χ2v) is 6.79. The molecule has 0 fully saturated rings. The number of imidazole rings is 1. The number of rotatable bonds is 5. The number of carbonyl (C=O) groups is 1. The van der Waals surface area contributed by atoms with Crippen molar-refractivity contribution in [2.45, 2.75) is 6.92 Å². The highest BCUT2D eigenvalue weighted by Crippen LogP contribution is 2.27. The second-order valence-electron chi connectivity index (χ2n) is 5.95. The molecule has 0 aliphatic rings. The van der Waals surface area contributed by atoms with Crippen LogP contribution in [0.1, 0.15) is 5.69 Å². The van der Waals surface area contributed by atoms with Crippen molar-refractivity contribution in [3.63, 3.8) is 0 Å². The van der Waals surface area contributed by atoms with E-state index in [0.717, 1.165) is 11.0 Å². The number of benzene rings is 2. The van der Waals surface area contributed by atoms with E-state index in [1.807, 2.05) is 24.3 Å². The van der Waals surface area contributed by atoms with Crippen LogP contribution in [0.2, 0.25) is 10.0 Å². The average molecular weight is 417 g/mol. The Labute approximate surface area is 169 Å². The molecule has 0 unspecified atom stereocenters. The molecule has 28 heavy (non-hydrogen) atoms. The summed E-state index contributed by atoms with van der Waals surface area (Å²) in [4.78, 5) is 19.9. The van der Waals surface area contributed by atoms with Crippen molar-refractivity contribution in [3.05, 3.63) is 64.3 Å². The molecule has 142 valence electrons. The van der Waals surface area contributed by atoms with Crippen LogP contribution >= 0.6 is 23.2 Å². The summed E-state index contributed by atoms with van der Waals surface area (Å²) >= 11 is 11.9. The van der Waals surface area contributed by atoms with Crippen LogP contribution in [0.15, 0.2) is 48.5 Å². The van der Waals surface area contributed by atoms with Crippen LogP contribution in [0.4, 0.5) is 0 Å². The quantitative estimate of drug-likeness (QED) is 0.489. The number of H-pyrrole nitrogens is 1. The van der Waals surface area contributed by atoms with Crippen molar-refractivity contribution in [1.29, 1.82) is 0 Å². The molecule has 0 amide bonds. The molecule has 0 aliphatic carbocycles. The molecule has 2 aromatic carbocycles. The molecular formula is C19H14Cl2N4O3. The molecule has 9 heteroatoms. The van der Waals surface area contributed by atoms with E-state index in [4.69, 9.17) is 32.7 Å². The first-order valence-corrected chi connectivity index (χ1v) is 9.05. The number of nitrogens with one attached hydrogen (secondary N) is 1. The minimum absolute atomic E-state index is 0.229. The number of ether oxygens (including phenoxy) is 2. The molecule has 0 aliphatic heterocycles. The SMILES string of the molecule is Cc1cc(OC(=O)COc2ccc(Cl)cc2Cl)n(-c2nc3ccccc3[nH]2)n1. The van der Waals surface area contributed by atoms with E-state index < -0.39 is 5.97 Å². The van der Waals surface area contributed by atoms with Crippen LogP contribution in [0.25, 0.3) is 17.0 Å². The molecule has 0 saturated carbocycles. The van der Waals surface area contributed by atoms with Crippen molar-refractivity contribution in [2.24, 2.45) is 0 Å². The summed E-state index contributed by atoms with van der Waals surface area (Å²) in [5.74, 6) is 0.402. The van der Waals surface area contributed by atoms with Gasteiger partial charge < -0.3 is 14.5 Å². The Morgan fingerprint density at radius 1 is 1.18 bits per heavy atom. The number of hydrogen-bond acceptors (Lipinski definition) is 5. The van der Waals surface area contributed by atoms with Crippen molar-refractivity contribution in [2.75, 3.05) is 6.61 Å². The molecule has 4 rings (SSSR count). The predicted octanol–water partition coefficient (Wildman–Crippen LogP) is 4.35. The smallest absolute Gasteiger partial charge is 0.350 e. The van der Waals surface area contributed by atoms with Crippen molar-refractivity contribution in [1.82, 2.24) is 19.7 Å². The Morgan fingerprint density at radius 2 is 2.00 bits per heavy atom. The van der Waals surface area contributed by atoms with Gasteiger partial charge in [0.2, 0.25) is 11.8 Å². The highest BCUT2D eigenvalue weighted by Gasteiger charge is 2.17. The van der Waals surface area contributed by atoms with Gasteiger partial charge in [0.25, 0.3) is 0 Å². The zero-order valence-corrected chi connectivity index (χ0v) is 16.2. The largest absolute Gasteiger partial charge is 0.480 e. The fourth-order valence-corrected chi connectivity index (χ4v) is 3.08. The molecule has 0 spiro atoms. The number of nitrogens with zero attached hydrogens (tertiary/aromatic N) is 3. The lowest BCUT2D eigenvalue weighted by atomic mass is 10.3. The van der Waals surface area contributed by atoms with Gasteiger partial charge in [-0.3, -0.25) is 0 Å². The lowest BCUT2D eigenvalue weighted by Gasteiger charge is -2.08. The molecule has 0 saturated heterocycles. The molecular weight excluding hydrogens is 403 g/mol. The lowest BCUT2D eigenvalue weighted by Crippen LogP contribution is -2.19. The van der Waals surface area contributed by atoms with Crippen LogP contribution in [0, 0.1) is 6.92 Å². The summed E-state index contributed by atoms with van der Waals surface area (Å²) in [5, 5.41) is 5.13. The summed E-state index contributed by atoms with van der Waals surface area (Å²) in [6, 6.07) is 13.9. The molecule has 1 N–H and O–H groups in total. The molecule has 0 atom stereocenters. The van der Waals surface area contributed by atoms with E-state index in [1.54, 1.807) is 25.1 Å². The van der Waals surface area contributed by atoms with E-state index in [-0.39, 0.29) is 12.5 Å². The van der Waals surface area contributed by atoms with Crippen molar-refractivity contribution in [3.8, 4) is 17.6 Å². The predicted molar refractivity (Wildman–Crippen MR) is 106 cm³/mol. The first-order valence-electron chi connectivity index (χ1n) is 8.30. The zero-order chi connectivity index (χ0) is 19.7. The van der Waals surface area contributed by atoms with E-state index in [9.17, 15) is 4.79 Å². The Bertz CT molecular complexity index is 1140. The fourth-order valence-electron chi connectivity index (χ4n) is 2.61. The summed E-state index contributed by atoms with van der Waals surface area (Å²) in [6.45, 7) is 1.46. The van der Waals surface area contributed by atoms with Crippen LogP contribution in [0.3, 0.4) is 0 Å². The molecule has 0 radical (unpaired) electrons. The van der Waals surface area contributed by atoms with Crippen LogP contribution in [-0.4, -0.2) is 32.3 Å². The Kier molecular flexibility index (Phi) is 4.93. The maximum Gasteiger partial charge on any atom is 0.350 e. The van der Waals surface area contributed by atoms with Gasteiger partial charge in [-0.15, -0.1) is 0 Å². The van der Waals surface area contributed by atoms with E-state index >= 15 is 0 Å². The van der Waals surface area contributed by atoms with Crippen molar-refractivity contribution < 1.29 is 14.3 Å². The van der Waals surface area contributed by atoms with Crippen molar-refractivity contribution >= 4 is 40.2 Å². The topological polar surface area (TPSA) is 82.0 Å². The van der Waals surface area contributed by atoms with Gasteiger partial charge >= 0.3 is 5.97 Å². The van der Waals surface area contributed by atoms with Gasteiger partial charge in [0.15, 0.2) is 6.61 Å². The van der Waals surface area contributed by atoms with E-state index in [0.29, 0.717) is 27.4 Å². The van der Waals surface area contributed by atoms with Gasteiger partial charge in [-0.2, -0.15) is 9.78 Å². The Hall–Kier alpha value is -3.03. The molecule has 2 aromatic heterocycles. The lowest BCUT2D eigenvalue weighted by molar-refractivity contribution is -0.137. The van der Waals surface area contributed by atoms with Gasteiger partial charge in [-0.05, 0) is 37.3 Å². The number of halogens is 2. The summed E-state index contributed by atoms with van der Waals surface area (Å²) in [6.07, 6.45) is 0. The Morgan fingerprint density at radius 3 is 2.79 bits per heavy atom. The van der Waals surface area contributed by atoms with Gasteiger partial charge in [0, 0.05) is 11.1 Å². The molecule has 2 heterocycles. The monoisotopic (exact) mass is 416 g/mol. The van der Waals surface area contributed by atoms with Gasteiger partial charge in [0.1, 0.15) is 5.75 Å². The van der Waals surface area contributed by atoms with Crippen LogP contribution in [-0.2, 0) is 4.79 Å². The number of hydrogen-bond donors (Lipinski definition) is 1. The van der Waals surface area contributed by atoms with Gasteiger partial charge in [-0.25, -0.2) is 9.78 Å². The zero-order valence-electron chi connectivity index (χ0n) is 14.6. The minimum atomic E-state index is -0.608. The van der Waals surface area contributed by atoms with Crippen LogP contribution in [0.5, 0.6) is 11.6 Å². The third kappa shape index (κ3) is 3.81. The summed E-state index contributed by atoms with van der Waals surface area (Å²) in [7, 11) is 0. The standard InChI is InChI=1S/C19H14Cl2N4O3/c1-11-8-17(25(24-11)19-22-14-4-2-3-5-15(14)23-19)28-18(26)10-27-16-7-6-12(20)9-13(16)21/h2-9H,10H2,1H3,(H,22,23). The molecule has 0 bridgehead atoms. The minimum Gasteiger partial charge on any atom is -0.480 e. The van der Waals surface area contributed by atoms with Crippen LogP contribution < -0.4 is 9.47 Å². The maximum absolute atomic E-state index is 12.2. The number of aromatic amines is 1. The number of fused-ring (bicyclic) bond motifs is 1. The number of carbonyl (C=O) groups excluding carboxylic acids is 1. The summed E-state index contributed by atoms with van der Waals surface area (Å²) in [5.41, 5.74) is 2.30. The number of esters is 1. The highest BCUT2D eigenvalue weighted by atomic mass is 35.5. The third-order valence-corrected chi connectivity index (χ3v) is 4.36. The number of para-hydroxylation sites is 2. The average Bonchev–Trinajstić information content (AvgIpc) is 3.24. The molecule has 7 nitrogen and oxygen atoms in total. The fraction of sp³-hybridized carbons (Fsp3) is 0.105. The molecule has 4 aromatic rings.